The lowest BCUT2D eigenvalue weighted by Crippen LogP contribution is -1.81. The van der Waals surface area contributed by atoms with Crippen LogP contribution in [0.2, 0.25) is 0 Å². The quantitative estimate of drug-likeness (QED) is 0.644. The van der Waals surface area contributed by atoms with Crippen molar-refractivity contribution < 1.29 is 4.39 Å². The first-order valence-corrected chi connectivity index (χ1v) is 5.70. The Morgan fingerprint density at radius 2 is 1.79 bits per heavy atom. The van der Waals surface area contributed by atoms with Crippen molar-refractivity contribution in [1.82, 2.24) is 0 Å². The first-order valence-electron chi connectivity index (χ1n) is 4.88. The normalized spacial score (nSPS) is 12.5. The van der Waals surface area contributed by atoms with Crippen LogP contribution in [0, 0.1) is 0 Å². The van der Waals surface area contributed by atoms with Gasteiger partial charge in [-0.05, 0) is 25.0 Å². The van der Waals surface area contributed by atoms with E-state index in [1.165, 1.54) is 11.8 Å². The highest BCUT2D eigenvalue weighted by Crippen LogP contribution is 2.32. The van der Waals surface area contributed by atoms with Crippen LogP contribution in [0.4, 0.5) is 4.39 Å². The lowest BCUT2D eigenvalue weighted by molar-refractivity contribution is 0.596. The monoisotopic (exact) mass is 210 g/mol. The standard InChI is InChI=1S/C12H15FS/c1-3-11(13)12(4-2)14-10-8-6-5-7-9-10/h5-9H,3-4H2,1-2H3/b12-11-. The maximum atomic E-state index is 13.3. The average molecular weight is 210 g/mol. The van der Waals surface area contributed by atoms with Gasteiger partial charge in [0.25, 0.3) is 0 Å². The summed E-state index contributed by atoms with van der Waals surface area (Å²) in [5, 5.41) is 0. The third-order valence-corrected chi connectivity index (χ3v) is 3.18. The highest BCUT2D eigenvalue weighted by Gasteiger charge is 2.04. The Labute approximate surface area is 89.2 Å². The smallest absolute Gasteiger partial charge is 0.109 e. The molecule has 0 unspecified atom stereocenters. The maximum Gasteiger partial charge on any atom is 0.109 e. The molecule has 0 fully saturated rings. The summed E-state index contributed by atoms with van der Waals surface area (Å²) in [5.41, 5.74) is 0. The summed E-state index contributed by atoms with van der Waals surface area (Å²) < 4.78 is 13.3. The van der Waals surface area contributed by atoms with Crippen LogP contribution in [0.5, 0.6) is 0 Å². The third-order valence-electron chi connectivity index (χ3n) is 1.92. The van der Waals surface area contributed by atoms with Gasteiger partial charge in [0, 0.05) is 9.80 Å². The van der Waals surface area contributed by atoms with E-state index in [-0.39, 0.29) is 5.83 Å². The third kappa shape index (κ3) is 3.18. The Morgan fingerprint density at radius 3 is 2.29 bits per heavy atom. The molecule has 14 heavy (non-hydrogen) atoms. The van der Waals surface area contributed by atoms with Gasteiger partial charge >= 0.3 is 0 Å². The van der Waals surface area contributed by atoms with Gasteiger partial charge in [0.2, 0.25) is 0 Å². The molecule has 0 aliphatic heterocycles. The Morgan fingerprint density at radius 1 is 1.14 bits per heavy atom. The van der Waals surface area contributed by atoms with Crippen molar-refractivity contribution in [3.05, 3.63) is 41.1 Å². The second-order valence-corrected chi connectivity index (χ2v) is 4.12. The largest absolute Gasteiger partial charge is 0.211 e. The summed E-state index contributed by atoms with van der Waals surface area (Å²) >= 11 is 1.53. The van der Waals surface area contributed by atoms with Gasteiger partial charge in [0.1, 0.15) is 5.83 Å². The zero-order valence-electron chi connectivity index (χ0n) is 8.59. The van der Waals surface area contributed by atoms with Crippen molar-refractivity contribution in [3.63, 3.8) is 0 Å². The van der Waals surface area contributed by atoms with E-state index in [1.54, 1.807) is 0 Å². The number of halogens is 1. The molecule has 0 atom stereocenters. The van der Waals surface area contributed by atoms with Crippen LogP contribution < -0.4 is 0 Å². The second kappa shape index (κ2) is 5.86. The average Bonchev–Trinajstić information content (AvgIpc) is 2.26. The Bertz CT molecular complexity index is 303. The first-order chi connectivity index (χ1) is 6.77. The molecule has 0 N–H and O–H groups in total. The molecule has 0 amide bonds. The SMILES string of the molecule is CC/C(F)=C(\CC)Sc1ccccc1. The van der Waals surface area contributed by atoms with Crippen LogP contribution in [0.15, 0.2) is 46.0 Å². The second-order valence-electron chi connectivity index (χ2n) is 2.95. The molecule has 76 valence electrons. The van der Waals surface area contributed by atoms with Crippen molar-refractivity contribution in [2.75, 3.05) is 0 Å². The van der Waals surface area contributed by atoms with Gasteiger partial charge in [0.05, 0.1) is 0 Å². The predicted octanol–water partition coefficient (Wildman–Crippen LogP) is 4.78. The van der Waals surface area contributed by atoms with E-state index in [0.29, 0.717) is 6.42 Å². The lowest BCUT2D eigenvalue weighted by atomic mass is 10.3. The molecule has 0 bridgehead atoms. The van der Waals surface area contributed by atoms with Crippen molar-refractivity contribution in [2.45, 2.75) is 31.6 Å². The van der Waals surface area contributed by atoms with Gasteiger partial charge in [-0.1, -0.05) is 43.8 Å². The molecule has 2 heteroatoms. The molecular weight excluding hydrogens is 195 g/mol. The number of thioether (sulfide) groups is 1. The van der Waals surface area contributed by atoms with E-state index in [2.05, 4.69) is 0 Å². The highest BCUT2D eigenvalue weighted by atomic mass is 32.2. The summed E-state index contributed by atoms with van der Waals surface area (Å²) in [5.74, 6) is 0.0151. The molecular formula is C12H15FS. The summed E-state index contributed by atoms with van der Waals surface area (Å²) in [7, 11) is 0. The molecule has 0 saturated heterocycles. The van der Waals surface area contributed by atoms with E-state index >= 15 is 0 Å². The summed E-state index contributed by atoms with van der Waals surface area (Å²) in [6.07, 6.45) is 1.25. The van der Waals surface area contributed by atoms with Crippen LogP contribution >= 0.6 is 11.8 Å². The number of hydrogen-bond acceptors (Lipinski definition) is 1. The Kier molecular flexibility index (Phi) is 4.74. The van der Waals surface area contributed by atoms with E-state index < -0.39 is 0 Å². The lowest BCUT2D eigenvalue weighted by Gasteiger charge is -2.05. The minimum atomic E-state index is 0.0151. The van der Waals surface area contributed by atoms with Gasteiger partial charge in [-0.15, -0.1) is 0 Å². The molecule has 1 aromatic carbocycles. The minimum absolute atomic E-state index is 0.0151. The fraction of sp³-hybridized carbons (Fsp3) is 0.333. The number of allylic oxidation sites excluding steroid dienone is 2. The van der Waals surface area contributed by atoms with Gasteiger partial charge in [0.15, 0.2) is 0 Å². The van der Waals surface area contributed by atoms with E-state index in [1.807, 2.05) is 44.2 Å². The number of rotatable bonds is 4. The predicted molar refractivity (Wildman–Crippen MR) is 61.0 cm³/mol. The maximum absolute atomic E-state index is 13.3. The van der Waals surface area contributed by atoms with Crippen molar-refractivity contribution in [1.29, 1.82) is 0 Å². The van der Waals surface area contributed by atoms with Gasteiger partial charge in [-0.2, -0.15) is 0 Å². The van der Waals surface area contributed by atoms with E-state index in [9.17, 15) is 4.39 Å². The summed E-state index contributed by atoms with van der Waals surface area (Å²) in [6.45, 7) is 3.83. The topological polar surface area (TPSA) is 0 Å². The Hall–Kier alpha value is -0.760. The Balaban J connectivity index is 2.77. The summed E-state index contributed by atoms with van der Waals surface area (Å²) in [6, 6.07) is 9.92. The van der Waals surface area contributed by atoms with Crippen LogP contribution in [0.25, 0.3) is 0 Å². The molecule has 0 saturated carbocycles. The van der Waals surface area contributed by atoms with Gasteiger partial charge in [-0.25, -0.2) is 4.39 Å². The molecule has 0 heterocycles. The van der Waals surface area contributed by atoms with Gasteiger partial charge in [-0.3, -0.25) is 0 Å². The van der Waals surface area contributed by atoms with E-state index in [4.69, 9.17) is 0 Å². The first kappa shape index (κ1) is 11.3. The molecule has 1 aromatic rings. The van der Waals surface area contributed by atoms with Crippen LogP contribution in [0.1, 0.15) is 26.7 Å². The van der Waals surface area contributed by atoms with Crippen LogP contribution in [-0.2, 0) is 0 Å². The molecule has 0 nitrogen and oxygen atoms in total. The van der Waals surface area contributed by atoms with Gasteiger partial charge < -0.3 is 0 Å². The minimum Gasteiger partial charge on any atom is -0.211 e. The molecule has 0 radical (unpaired) electrons. The van der Waals surface area contributed by atoms with Crippen molar-refractivity contribution in [2.24, 2.45) is 0 Å². The molecule has 0 aliphatic carbocycles. The zero-order valence-corrected chi connectivity index (χ0v) is 9.40. The van der Waals surface area contributed by atoms with E-state index in [0.717, 1.165) is 16.2 Å². The molecule has 0 aliphatic rings. The molecule has 0 spiro atoms. The summed E-state index contributed by atoms with van der Waals surface area (Å²) in [4.78, 5) is 1.95. The number of hydrogen-bond donors (Lipinski definition) is 0. The molecule has 0 aromatic heterocycles. The highest BCUT2D eigenvalue weighted by molar-refractivity contribution is 8.03. The molecule has 1 rings (SSSR count). The zero-order chi connectivity index (χ0) is 10.4. The fourth-order valence-electron chi connectivity index (χ4n) is 1.15. The van der Waals surface area contributed by atoms with Crippen LogP contribution in [-0.4, -0.2) is 0 Å². The fourth-order valence-corrected chi connectivity index (χ4v) is 2.12. The van der Waals surface area contributed by atoms with Crippen molar-refractivity contribution in [3.8, 4) is 0 Å². The van der Waals surface area contributed by atoms with Crippen LogP contribution in [0.3, 0.4) is 0 Å². The van der Waals surface area contributed by atoms with Crippen molar-refractivity contribution >= 4 is 11.8 Å². The number of benzene rings is 1.